The van der Waals surface area contributed by atoms with Gasteiger partial charge in [-0.1, -0.05) is 221 Å². The van der Waals surface area contributed by atoms with Crippen LogP contribution in [0.5, 0.6) is 0 Å². The van der Waals surface area contributed by atoms with E-state index in [1.54, 1.807) is 0 Å². The van der Waals surface area contributed by atoms with Gasteiger partial charge in [0.1, 0.15) is 13.2 Å². The zero-order valence-corrected chi connectivity index (χ0v) is 44.6. The van der Waals surface area contributed by atoms with Crippen molar-refractivity contribution in [3.8, 4) is 0 Å². The van der Waals surface area contributed by atoms with Crippen molar-refractivity contribution in [1.82, 2.24) is 0 Å². The maximum Gasteiger partial charge on any atom is 0.306 e. The second-order valence-electron chi connectivity index (χ2n) is 18.8. The molecule has 0 rings (SSSR count). The maximum atomic E-state index is 12.9. The summed E-state index contributed by atoms with van der Waals surface area (Å²) in [6.07, 6.45) is 72.8. The van der Waals surface area contributed by atoms with Gasteiger partial charge in [0.05, 0.1) is 0 Å². The van der Waals surface area contributed by atoms with E-state index in [2.05, 4.69) is 106 Å². The monoisotopic (exact) mass is 947 g/mol. The van der Waals surface area contributed by atoms with E-state index in [9.17, 15) is 14.4 Å². The molecule has 390 valence electrons. The molecule has 1 unspecified atom stereocenters. The number of allylic oxidation sites excluding steroid dienone is 14. The van der Waals surface area contributed by atoms with Crippen LogP contribution in [0.4, 0.5) is 0 Å². The van der Waals surface area contributed by atoms with E-state index < -0.39 is 6.10 Å². The molecule has 0 N–H and O–H groups in total. The Labute approximate surface area is 420 Å². The highest BCUT2D eigenvalue weighted by Gasteiger charge is 2.19. The number of esters is 3. The number of unbranched alkanes of at least 4 members (excludes halogenated alkanes) is 26. The van der Waals surface area contributed by atoms with Crippen molar-refractivity contribution < 1.29 is 28.6 Å². The molecule has 0 saturated carbocycles. The quantitative estimate of drug-likeness (QED) is 0.0262. The Balaban J connectivity index is 4.43. The summed E-state index contributed by atoms with van der Waals surface area (Å²) in [6.45, 7) is 6.47. The van der Waals surface area contributed by atoms with E-state index in [4.69, 9.17) is 14.2 Å². The zero-order valence-electron chi connectivity index (χ0n) is 44.6. The standard InChI is InChI=1S/C62H106O6/c1-4-7-10-13-16-19-22-25-28-30-32-34-37-40-43-46-49-52-55-61(64)67-58-59(57-66-60(63)54-51-48-45-42-39-36-33-27-24-21-18-15-12-9-6-3)68-62(65)56-53-50-47-44-41-38-35-31-29-26-23-20-17-14-11-8-5-2/h9,12,17-22,26-30,33,59H,4-8,10-11,13-16,23-25,31-32,34-58H2,1-3H3/b12-9-,20-17-,21-18-,22-19-,29-26-,30-28-,33-27-. The average Bonchev–Trinajstić information content (AvgIpc) is 3.34. The van der Waals surface area contributed by atoms with Crippen molar-refractivity contribution in [1.29, 1.82) is 0 Å². The smallest absolute Gasteiger partial charge is 0.306 e. The van der Waals surface area contributed by atoms with Gasteiger partial charge in [0, 0.05) is 19.3 Å². The SMILES string of the molecule is CC/C=C\C/C=C\C/C=C\CCCCCCCC(=O)OCC(COC(=O)CCCCCCCCC/C=C\C/C=C\CCCCCC)OC(=O)CCCCCCCCC/C=C\C/C=C\CCCCC. The molecule has 0 heterocycles. The van der Waals surface area contributed by atoms with Crippen LogP contribution in [0.25, 0.3) is 0 Å². The Bertz CT molecular complexity index is 1320. The third kappa shape index (κ3) is 53.5. The van der Waals surface area contributed by atoms with Gasteiger partial charge in [-0.2, -0.15) is 0 Å². The van der Waals surface area contributed by atoms with E-state index in [0.717, 1.165) is 122 Å². The fraction of sp³-hybridized carbons (Fsp3) is 0.726. The third-order valence-corrected chi connectivity index (χ3v) is 12.1. The van der Waals surface area contributed by atoms with Crippen LogP contribution in [0, 0.1) is 0 Å². The van der Waals surface area contributed by atoms with E-state index >= 15 is 0 Å². The highest BCUT2D eigenvalue weighted by atomic mass is 16.6. The first-order valence-corrected chi connectivity index (χ1v) is 28.6. The largest absolute Gasteiger partial charge is 0.462 e. The Morgan fingerprint density at radius 3 is 0.926 bits per heavy atom. The van der Waals surface area contributed by atoms with Crippen LogP contribution in [0.3, 0.4) is 0 Å². The minimum atomic E-state index is -0.792. The molecule has 0 amide bonds. The molecule has 0 aromatic rings. The molecular weight excluding hydrogens is 841 g/mol. The third-order valence-electron chi connectivity index (χ3n) is 12.1. The Morgan fingerprint density at radius 1 is 0.309 bits per heavy atom. The van der Waals surface area contributed by atoms with Crippen molar-refractivity contribution in [2.45, 2.75) is 277 Å². The molecule has 0 saturated heterocycles. The van der Waals surface area contributed by atoms with Gasteiger partial charge in [-0.15, -0.1) is 0 Å². The molecular formula is C62H106O6. The van der Waals surface area contributed by atoms with Gasteiger partial charge in [0.15, 0.2) is 6.10 Å². The Kier molecular flexibility index (Phi) is 53.4. The second kappa shape index (κ2) is 56.2. The Hall–Kier alpha value is -3.41. The lowest BCUT2D eigenvalue weighted by Crippen LogP contribution is -2.30. The van der Waals surface area contributed by atoms with Gasteiger partial charge < -0.3 is 14.2 Å². The van der Waals surface area contributed by atoms with Crippen LogP contribution in [-0.2, 0) is 28.6 Å². The molecule has 0 aromatic carbocycles. The summed E-state index contributed by atoms with van der Waals surface area (Å²) >= 11 is 0. The molecule has 0 aliphatic rings. The van der Waals surface area contributed by atoms with Crippen LogP contribution in [-0.4, -0.2) is 37.2 Å². The molecule has 0 aliphatic carbocycles. The predicted molar refractivity (Wildman–Crippen MR) is 293 cm³/mol. The lowest BCUT2D eigenvalue weighted by Gasteiger charge is -2.18. The van der Waals surface area contributed by atoms with Gasteiger partial charge in [-0.3, -0.25) is 14.4 Å². The molecule has 0 aromatic heterocycles. The van der Waals surface area contributed by atoms with E-state index in [0.29, 0.717) is 19.3 Å². The molecule has 0 aliphatic heterocycles. The van der Waals surface area contributed by atoms with Crippen molar-refractivity contribution in [2.24, 2.45) is 0 Å². The summed E-state index contributed by atoms with van der Waals surface area (Å²) in [7, 11) is 0. The molecule has 6 nitrogen and oxygen atoms in total. The highest BCUT2D eigenvalue weighted by Crippen LogP contribution is 2.14. The van der Waals surface area contributed by atoms with Crippen molar-refractivity contribution in [3.05, 3.63) is 85.1 Å². The van der Waals surface area contributed by atoms with E-state index in [-0.39, 0.29) is 31.1 Å². The van der Waals surface area contributed by atoms with E-state index in [1.165, 1.54) is 109 Å². The Morgan fingerprint density at radius 2 is 0.574 bits per heavy atom. The minimum absolute atomic E-state index is 0.0897. The van der Waals surface area contributed by atoms with Gasteiger partial charge in [0.25, 0.3) is 0 Å². The first-order chi connectivity index (χ1) is 33.5. The molecule has 1 atom stereocenters. The van der Waals surface area contributed by atoms with Crippen LogP contribution >= 0.6 is 0 Å². The molecule has 0 bridgehead atoms. The first-order valence-electron chi connectivity index (χ1n) is 28.6. The fourth-order valence-electron chi connectivity index (χ4n) is 7.81. The number of hydrogen-bond acceptors (Lipinski definition) is 6. The summed E-state index contributed by atoms with van der Waals surface area (Å²) in [4.78, 5) is 38.2. The summed E-state index contributed by atoms with van der Waals surface area (Å²) in [5, 5.41) is 0. The first kappa shape index (κ1) is 64.6. The molecule has 6 heteroatoms. The zero-order chi connectivity index (χ0) is 49.3. The lowest BCUT2D eigenvalue weighted by atomic mass is 10.1. The van der Waals surface area contributed by atoms with Crippen LogP contribution in [0.2, 0.25) is 0 Å². The average molecular weight is 948 g/mol. The van der Waals surface area contributed by atoms with Gasteiger partial charge in [-0.05, 0) is 116 Å². The van der Waals surface area contributed by atoms with E-state index in [1.807, 2.05) is 0 Å². The second-order valence-corrected chi connectivity index (χ2v) is 18.8. The summed E-state index contributed by atoms with van der Waals surface area (Å²) in [6, 6.07) is 0. The molecule has 68 heavy (non-hydrogen) atoms. The predicted octanol–water partition coefficient (Wildman–Crippen LogP) is 19.2. The summed E-state index contributed by atoms with van der Waals surface area (Å²) in [5.41, 5.74) is 0. The highest BCUT2D eigenvalue weighted by molar-refractivity contribution is 5.71. The summed E-state index contributed by atoms with van der Waals surface area (Å²) in [5.74, 6) is -0.917. The van der Waals surface area contributed by atoms with Crippen LogP contribution in [0.1, 0.15) is 271 Å². The number of carbonyl (C=O) groups is 3. The number of hydrogen-bond donors (Lipinski definition) is 0. The normalized spacial score (nSPS) is 12.7. The topological polar surface area (TPSA) is 78.9 Å². The van der Waals surface area contributed by atoms with Gasteiger partial charge in [-0.25, -0.2) is 0 Å². The molecule has 0 radical (unpaired) electrons. The molecule has 0 spiro atoms. The number of ether oxygens (including phenoxy) is 3. The fourth-order valence-corrected chi connectivity index (χ4v) is 7.81. The van der Waals surface area contributed by atoms with Gasteiger partial charge in [0.2, 0.25) is 0 Å². The van der Waals surface area contributed by atoms with Gasteiger partial charge >= 0.3 is 17.9 Å². The number of carbonyl (C=O) groups excluding carboxylic acids is 3. The van der Waals surface area contributed by atoms with Crippen molar-refractivity contribution in [2.75, 3.05) is 13.2 Å². The number of rotatable bonds is 51. The van der Waals surface area contributed by atoms with Crippen molar-refractivity contribution >= 4 is 17.9 Å². The summed E-state index contributed by atoms with van der Waals surface area (Å²) < 4.78 is 16.8. The maximum absolute atomic E-state index is 12.9. The molecule has 0 fully saturated rings. The van der Waals surface area contributed by atoms with Crippen LogP contribution in [0.15, 0.2) is 85.1 Å². The van der Waals surface area contributed by atoms with Crippen LogP contribution < -0.4 is 0 Å². The minimum Gasteiger partial charge on any atom is -0.462 e. The lowest BCUT2D eigenvalue weighted by molar-refractivity contribution is -0.167. The van der Waals surface area contributed by atoms with Crippen molar-refractivity contribution in [3.63, 3.8) is 0 Å².